The lowest BCUT2D eigenvalue weighted by Crippen LogP contribution is -2.55. The van der Waals surface area contributed by atoms with Crippen LogP contribution in [0.5, 0.6) is 0 Å². The first-order valence-electron chi connectivity index (χ1n) is 8.47. The second kappa shape index (κ2) is 6.93. The smallest absolute Gasteiger partial charge is 0.317 e. The Hall–Kier alpha value is -1.53. The zero-order chi connectivity index (χ0) is 16.3. The number of carbonyl (C=O) groups is 1. The number of hydrogen-bond acceptors (Lipinski definition) is 4. The maximum Gasteiger partial charge on any atom is 0.317 e. The molecule has 1 aromatic rings. The molecule has 2 N–H and O–H groups in total. The highest BCUT2D eigenvalue weighted by atomic mass is 16.3. The lowest BCUT2D eigenvalue weighted by molar-refractivity contribution is -0.0267. The van der Waals surface area contributed by atoms with Gasteiger partial charge in [-0.2, -0.15) is 0 Å². The molecule has 0 aliphatic carbocycles. The number of carbonyl (C=O) groups excluding carboxylic acids is 1. The van der Waals surface area contributed by atoms with Crippen LogP contribution >= 0.6 is 0 Å². The van der Waals surface area contributed by atoms with Gasteiger partial charge in [0.25, 0.3) is 0 Å². The second-order valence-corrected chi connectivity index (χ2v) is 6.98. The van der Waals surface area contributed by atoms with E-state index in [0.717, 1.165) is 44.7 Å². The van der Waals surface area contributed by atoms with Crippen LogP contribution in [0.4, 0.5) is 4.79 Å². The summed E-state index contributed by atoms with van der Waals surface area (Å²) in [5.41, 5.74) is 0.207. The summed E-state index contributed by atoms with van der Waals surface area (Å²) >= 11 is 0. The molecule has 1 atom stereocenters. The Kier molecular flexibility index (Phi) is 4.92. The fourth-order valence-corrected chi connectivity index (χ4v) is 3.96. The number of furan rings is 1. The van der Waals surface area contributed by atoms with Crippen molar-refractivity contribution in [1.82, 2.24) is 15.1 Å². The van der Waals surface area contributed by atoms with Crippen molar-refractivity contribution in [3.63, 3.8) is 0 Å². The summed E-state index contributed by atoms with van der Waals surface area (Å²) in [5, 5.41) is 12.8. The molecule has 3 heterocycles. The minimum absolute atomic E-state index is 0.0670. The van der Waals surface area contributed by atoms with E-state index in [9.17, 15) is 9.90 Å². The van der Waals surface area contributed by atoms with Crippen LogP contribution < -0.4 is 5.32 Å². The Morgan fingerprint density at radius 3 is 2.78 bits per heavy atom. The van der Waals surface area contributed by atoms with E-state index in [1.54, 1.807) is 6.26 Å². The van der Waals surface area contributed by atoms with E-state index in [0.29, 0.717) is 13.1 Å². The number of amides is 2. The lowest BCUT2D eigenvalue weighted by atomic mass is 9.65. The van der Waals surface area contributed by atoms with Crippen molar-refractivity contribution in [2.45, 2.75) is 25.8 Å². The number of likely N-dealkylation sites (tertiary alicyclic amines) is 2. The summed E-state index contributed by atoms with van der Waals surface area (Å²) in [6.07, 6.45) is 4.83. The molecular formula is C17H27N3O3. The van der Waals surface area contributed by atoms with Gasteiger partial charge >= 0.3 is 6.03 Å². The van der Waals surface area contributed by atoms with Gasteiger partial charge in [-0.15, -0.1) is 0 Å². The molecule has 1 spiro atoms. The van der Waals surface area contributed by atoms with Crippen LogP contribution in [0.1, 0.15) is 25.0 Å². The van der Waals surface area contributed by atoms with Crippen molar-refractivity contribution in [3.8, 4) is 0 Å². The van der Waals surface area contributed by atoms with Crippen LogP contribution in [0.25, 0.3) is 0 Å². The van der Waals surface area contributed by atoms with E-state index < -0.39 is 0 Å². The third kappa shape index (κ3) is 3.53. The third-order valence-electron chi connectivity index (χ3n) is 5.67. The molecule has 0 unspecified atom stereocenters. The minimum atomic E-state index is -0.0670. The number of hydrogen-bond donors (Lipinski definition) is 2. The number of nitrogens with zero attached hydrogens (tertiary/aromatic N) is 2. The molecule has 0 radical (unpaired) electrons. The predicted molar refractivity (Wildman–Crippen MR) is 86.9 cm³/mol. The molecule has 6 heteroatoms. The number of urea groups is 1. The molecule has 2 saturated heterocycles. The molecule has 2 fully saturated rings. The monoisotopic (exact) mass is 321 g/mol. The fraction of sp³-hybridized carbons (Fsp3) is 0.706. The summed E-state index contributed by atoms with van der Waals surface area (Å²) in [4.78, 5) is 16.6. The van der Waals surface area contributed by atoms with Gasteiger partial charge in [-0.1, -0.05) is 0 Å². The van der Waals surface area contributed by atoms with Crippen molar-refractivity contribution >= 4 is 6.03 Å². The van der Waals surface area contributed by atoms with Crippen molar-refractivity contribution < 1.29 is 14.3 Å². The van der Waals surface area contributed by atoms with Crippen LogP contribution in [0.2, 0.25) is 0 Å². The highest BCUT2D eigenvalue weighted by molar-refractivity contribution is 5.74. The third-order valence-corrected chi connectivity index (χ3v) is 5.67. The van der Waals surface area contributed by atoms with Crippen molar-refractivity contribution in [2.24, 2.45) is 11.3 Å². The Bertz CT molecular complexity index is 509. The predicted octanol–water partition coefficient (Wildman–Crippen LogP) is 1.52. The number of nitrogens with one attached hydrogen (secondary N) is 1. The number of aliphatic hydroxyl groups is 1. The molecule has 6 nitrogen and oxygen atoms in total. The summed E-state index contributed by atoms with van der Waals surface area (Å²) in [5.74, 6) is 0.931. The SMILES string of the molecule is CN1CCC2(CC1)CCN(C(=O)NCc1ccco1)C[C@@H]2CO. The molecule has 2 amide bonds. The topological polar surface area (TPSA) is 69.0 Å². The molecule has 1 aromatic heterocycles. The van der Waals surface area contributed by atoms with E-state index >= 15 is 0 Å². The minimum Gasteiger partial charge on any atom is -0.467 e. The van der Waals surface area contributed by atoms with E-state index in [2.05, 4.69) is 17.3 Å². The van der Waals surface area contributed by atoms with Crippen molar-refractivity contribution in [2.75, 3.05) is 39.8 Å². The molecule has 0 saturated carbocycles. The fourth-order valence-electron chi connectivity index (χ4n) is 3.96. The first-order valence-corrected chi connectivity index (χ1v) is 8.47. The summed E-state index contributed by atoms with van der Waals surface area (Å²) in [6, 6.07) is 3.59. The van der Waals surface area contributed by atoms with Gasteiger partial charge in [-0.3, -0.25) is 0 Å². The van der Waals surface area contributed by atoms with E-state index in [-0.39, 0.29) is 24.0 Å². The summed E-state index contributed by atoms with van der Waals surface area (Å²) in [7, 11) is 2.15. The van der Waals surface area contributed by atoms with Gasteiger partial charge in [-0.05, 0) is 56.9 Å². The Morgan fingerprint density at radius 2 is 2.13 bits per heavy atom. The molecule has 2 aliphatic heterocycles. The summed E-state index contributed by atoms with van der Waals surface area (Å²) < 4.78 is 5.24. The quantitative estimate of drug-likeness (QED) is 0.885. The second-order valence-electron chi connectivity index (χ2n) is 6.98. The van der Waals surface area contributed by atoms with Crippen LogP contribution in [-0.4, -0.2) is 60.8 Å². The Labute approximate surface area is 137 Å². The first-order chi connectivity index (χ1) is 11.1. The zero-order valence-electron chi connectivity index (χ0n) is 13.8. The van der Waals surface area contributed by atoms with Gasteiger partial charge in [0.2, 0.25) is 0 Å². The zero-order valence-corrected chi connectivity index (χ0v) is 13.8. The average molecular weight is 321 g/mol. The molecule has 128 valence electrons. The molecule has 0 bridgehead atoms. The maximum absolute atomic E-state index is 12.4. The standard InChI is InChI=1S/C17H27N3O3/c1-19-7-4-17(5-8-19)6-9-20(12-14(17)13-21)16(22)18-11-15-3-2-10-23-15/h2-3,10,14,21H,4-9,11-13H2,1H3,(H,18,22)/t14-/m1/s1. The number of rotatable bonds is 3. The molecular weight excluding hydrogens is 294 g/mol. The van der Waals surface area contributed by atoms with Crippen molar-refractivity contribution in [1.29, 1.82) is 0 Å². The van der Waals surface area contributed by atoms with Gasteiger partial charge in [0.15, 0.2) is 0 Å². The normalized spacial score (nSPS) is 24.8. The van der Waals surface area contributed by atoms with Gasteiger partial charge in [-0.25, -0.2) is 4.79 Å². The van der Waals surface area contributed by atoms with Gasteiger partial charge in [0.1, 0.15) is 5.76 Å². The summed E-state index contributed by atoms with van der Waals surface area (Å²) in [6.45, 7) is 4.14. The lowest BCUT2D eigenvalue weighted by Gasteiger charge is -2.50. The van der Waals surface area contributed by atoms with Crippen LogP contribution in [-0.2, 0) is 6.54 Å². The average Bonchev–Trinajstić information content (AvgIpc) is 3.09. The molecule has 3 rings (SSSR count). The first kappa shape index (κ1) is 16.3. The number of piperidine rings is 2. The Morgan fingerprint density at radius 1 is 1.39 bits per heavy atom. The van der Waals surface area contributed by atoms with Gasteiger partial charge in [0, 0.05) is 25.6 Å². The van der Waals surface area contributed by atoms with Crippen LogP contribution in [0.3, 0.4) is 0 Å². The maximum atomic E-state index is 12.4. The van der Waals surface area contributed by atoms with Crippen molar-refractivity contribution in [3.05, 3.63) is 24.2 Å². The number of aliphatic hydroxyl groups excluding tert-OH is 1. The van der Waals surface area contributed by atoms with Crippen LogP contribution in [0, 0.1) is 11.3 Å². The molecule has 0 aromatic carbocycles. The molecule has 2 aliphatic rings. The van der Waals surface area contributed by atoms with E-state index in [1.165, 1.54) is 0 Å². The van der Waals surface area contributed by atoms with Crippen LogP contribution in [0.15, 0.2) is 22.8 Å². The largest absolute Gasteiger partial charge is 0.467 e. The highest BCUT2D eigenvalue weighted by Crippen LogP contribution is 2.44. The van der Waals surface area contributed by atoms with Gasteiger partial charge in [0.05, 0.1) is 12.8 Å². The van der Waals surface area contributed by atoms with E-state index in [1.807, 2.05) is 17.0 Å². The van der Waals surface area contributed by atoms with E-state index in [4.69, 9.17) is 4.42 Å². The van der Waals surface area contributed by atoms with Gasteiger partial charge < -0.3 is 24.6 Å². The Balaban J connectivity index is 1.56. The molecule has 23 heavy (non-hydrogen) atoms. The highest BCUT2D eigenvalue weighted by Gasteiger charge is 2.44.